The summed E-state index contributed by atoms with van der Waals surface area (Å²) < 4.78 is 1.34. The van der Waals surface area contributed by atoms with E-state index < -0.39 is 4.92 Å². The zero-order chi connectivity index (χ0) is 12.7. The third kappa shape index (κ3) is 1.43. The van der Waals surface area contributed by atoms with Crippen LogP contribution >= 0.6 is 0 Å². The zero-order valence-corrected chi connectivity index (χ0v) is 8.81. The van der Waals surface area contributed by atoms with Crippen LogP contribution in [0.3, 0.4) is 0 Å². The average molecular weight is 246 g/mol. The lowest BCUT2D eigenvalue weighted by molar-refractivity contribution is -0.384. The second-order valence-corrected chi connectivity index (χ2v) is 3.44. The molecule has 0 aliphatic carbocycles. The largest absolute Gasteiger partial charge is 0.366 e. The van der Waals surface area contributed by atoms with Gasteiger partial charge in [0.15, 0.2) is 0 Å². The van der Waals surface area contributed by atoms with Crippen molar-refractivity contribution in [3.05, 3.63) is 28.7 Å². The van der Waals surface area contributed by atoms with Crippen molar-refractivity contribution in [2.24, 2.45) is 0 Å². The van der Waals surface area contributed by atoms with E-state index in [-0.39, 0.29) is 17.3 Å². The number of nitrogen functional groups attached to an aromatic ring is 1. The number of nitrogens with one attached hydrogen (secondary N) is 1. The van der Waals surface area contributed by atoms with E-state index in [1.54, 1.807) is 0 Å². The first-order chi connectivity index (χ1) is 8.65. The van der Waals surface area contributed by atoms with Crippen LogP contribution in [0, 0.1) is 10.1 Å². The minimum Gasteiger partial charge on any atom is -0.366 e. The summed E-state index contributed by atoms with van der Waals surface area (Å²) >= 11 is 0. The number of nitrogens with two attached hydrogens (primary N) is 1. The lowest BCUT2D eigenvalue weighted by Gasteiger charge is -1.97. The van der Waals surface area contributed by atoms with E-state index in [1.165, 1.54) is 16.9 Å². The summed E-state index contributed by atoms with van der Waals surface area (Å²) in [6.45, 7) is 0. The molecular weight excluding hydrogens is 240 g/mol. The maximum atomic E-state index is 10.8. The first-order valence-electron chi connectivity index (χ1n) is 4.81. The number of nitro groups is 1. The molecule has 0 saturated carbocycles. The number of H-pyrrole nitrogens is 1. The van der Waals surface area contributed by atoms with Crippen molar-refractivity contribution in [1.82, 2.24) is 29.8 Å². The molecule has 0 aliphatic rings. The van der Waals surface area contributed by atoms with Gasteiger partial charge in [0.1, 0.15) is 11.9 Å². The van der Waals surface area contributed by atoms with Gasteiger partial charge in [0.2, 0.25) is 5.95 Å². The van der Waals surface area contributed by atoms with Gasteiger partial charge in [-0.25, -0.2) is 9.50 Å². The molecule has 0 bridgehead atoms. The number of hydrogen-bond donors (Lipinski definition) is 2. The van der Waals surface area contributed by atoms with Crippen molar-refractivity contribution in [1.29, 1.82) is 0 Å². The van der Waals surface area contributed by atoms with Crippen LogP contribution in [0.5, 0.6) is 0 Å². The Hall–Kier alpha value is -3.04. The summed E-state index contributed by atoms with van der Waals surface area (Å²) in [6.07, 6.45) is 4.10. The third-order valence-electron chi connectivity index (χ3n) is 2.31. The molecule has 0 fully saturated rings. The lowest BCUT2D eigenvalue weighted by atomic mass is 10.2. The summed E-state index contributed by atoms with van der Waals surface area (Å²) in [5, 5.41) is 20.9. The topological polar surface area (TPSA) is 141 Å². The van der Waals surface area contributed by atoms with Crippen molar-refractivity contribution < 1.29 is 4.92 Å². The summed E-state index contributed by atoms with van der Waals surface area (Å²) in [4.78, 5) is 18.1. The molecule has 0 spiro atoms. The standard InChI is InChI=1S/C8H6N8O2/c9-7-12-8-10-1-4(3-15(8)14-7)6-5(16(17)18)2-11-13-6/h1-3H,(H2,9,14)(H,11,13). The molecule has 0 saturated heterocycles. The molecule has 3 heterocycles. The minimum atomic E-state index is -0.529. The fraction of sp³-hybridized carbons (Fsp3) is 0. The summed E-state index contributed by atoms with van der Waals surface area (Å²) in [6, 6.07) is 0. The number of fused-ring (bicyclic) bond motifs is 1. The number of aromatic nitrogens is 6. The maximum absolute atomic E-state index is 10.8. The zero-order valence-electron chi connectivity index (χ0n) is 8.81. The van der Waals surface area contributed by atoms with E-state index in [0.29, 0.717) is 11.3 Å². The number of rotatable bonds is 2. The molecule has 3 aromatic heterocycles. The summed E-state index contributed by atoms with van der Waals surface area (Å²) in [5.74, 6) is 0.400. The van der Waals surface area contributed by atoms with E-state index >= 15 is 0 Å². The van der Waals surface area contributed by atoms with E-state index in [4.69, 9.17) is 5.73 Å². The lowest BCUT2D eigenvalue weighted by Crippen LogP contribution is -1.95. The Morgan fingerprint density at radius 1 is 1.44 bits per heavy atom. The van der Waals surface area contributed by atoms with Gasteiger partial charge in [-0.2, -0.15) is 10.1 Å². The Morgan fingerprint density at radius 3 is 3.06 bits per heavy atom. The second-order valence-electron chi connectivity index (χ2n) is 3.44. The highest BCUT2D eigenvalue weighted by Crippen LogP contribution is 2.26. The molecule has 0 aromatic carbocycles. The van der Waals surface area contributed by atoms with Gasteiger partial charge >= 0.3 is 5.69 Å². The van der Waals surface area contributed by atoms with Crippen molar-refractivity contribution in [3.8, 4) is 11.3 Å². The highest BCUT2D eigenvalue weighted by molar-refractivity contribution is 5.67. The molecule has 0 amide bonds. The highest BCUT2D eigenvalue weighted by Gasteiger charge is 2.18. The van der Waals surface area contributed by atoms with Crippen LogP contribution in [-0.4, -0.2) is 34.7 Å². The molecule has 0 aliphatic heterocycles. The summed E-state index contributed by atoms with van der Waals surface area (Å²) in [5.41, 5.74) is 6.01. The predicted octanol–water partition coefficient (Wildman–Crippen LogP) is 0.00480. The Balaban J connectivity index is 2.18. The SMILES string of the molecule is Nc1nc2ncc(-c3[nH]ncc3[N+](=O)[O-])cn2n1. The van der Waals surface area contributed by atoms with Crippen LogP contribution in [0.15, 0.2) is 18.6 Å². The van der Waals surface area contributed by atoms with E-state index in [1.807, 2.05) is 0 Å². The Bertz CT molecular complexity index is 744. The van der Waals surface area contributed by atoms with Crippen molar-refractivity contribution >= 4 is 17.4 Å². The van der Waals surface area contributed by atoms with Gasteiger partial charge in [-0.3, -0.25) is 15.2 Å². The molecule has 0 atom stereocenters. The molecule has 3 rings (SSSR count). The fourth-order valence-corrected chi connectivity index (χ4v) is 1.56. The Morgan fingerprint density at radius 2 is 2.28 bits per heavy atom. The molecule has 0 unspecified atom stereocenters. The van der Waals surface area contributed by atoms with E-state index in [2.05, 4.69) is 25.3 Å². The molecule has 18 heavy (non-hydrogen) atoms. The number of nitrogens with zero attached hydrogens (tertiary/aromatic N) is 6. The van der Waals surface area contributed by atoms with Gasteiger partial charge in [-0.1, -0.05) is 0 Å². The average Bonchev–Trinajstić information content (AvgIpc) is 2.91. The fourth-order valence-electron chi connectivity index (χ4n) is 1.56. The van der Waals surface area contributed by atoms with Gasteiger partial charge in [0, 0.05) is 18.0 Å². The smallest absolute Gasteiger partial charge is 0.314 e. The predicted molar refractivity (Wildman–Crippen MR) is 59.4 cm³/mol. The monoisotopic (exact) mass is 246 g/mol. The molecule has 90 valence electrons. The van der Waals surface area contributed by atoms with Crippen LogP contribution in [-0.2, 0) is 0 Å². The second kappa shape index (κ2) is 3.48. The highest BCUT2D eigenvalue weighted by atomic mass is 16.6. The Kier molecular flexibility index (Phi) is 1.96. The first kappa shape index (κ1) is 10.1. The molecule has 3 N–H and O–H groups in total. The van der Waals surface area contributed by atoms with Crippen LogP contribution < -0.4 is 5.73 Å². The molecule has 3 aromatic rings. The molecule has 0 radical (unpaired) electrons. The normalized spacial score (nSPS) is 10.9. The van der Waals surface area contributed by atoms with E-state index in [0.717, 1.165) is 6.20 Å². The molecule has 10 heteroatoms. The van der Waals surface area contributed by atoms with Crippen LogP contribution in [0.25, 0.3) is 17.0 Å². The van der Waals surface area contributed by atoms with Gasteiger partial charge in [0.25, 0.3) is 5.78 Å². The summed E-state index contributed by atoms with van der Waals surface area (Å²) in [7, 11) is 0. The van der Waals surface area contributed by atoms with Crippen molar-refractivity contribution in [2.75, 3.05) is 5.73 Å². The van der Waals surface area contributed by atoms with Crippen molar-refractivity contribution in [3.63, 3.8) is 0 Å². The molecular formula is C8H6N8O2. The quantitative estimate of drug-likeness (QED) is 0.478. The number of anilines is 1. The van der Waals surface area contributed by atoms with Gasteiger partial charge in [-0.05, 0) is 0 Å². The molecule has 10 nitrogen and oxygen atoms in total. The minimum absolute atomic E-state index is 0.0822. The Labute approximate surface area is 98.6 Å². The number of hydrogen-bond acceptors (Lipinski definition) is 7. The van der Waals surface area contributed by atoms with Crippen LogP contribution in [0.2, 0.25) is 0 Å². The number of aromatic amines is 1. The van der Waals surface area contributed by atoms with Gasteiger partial charge < -0.3 is 5.73 Å². The van der Waals surface area contributed by atoms with Gasteiger partial charge in [0.05, 0.1) is 4.92 Å². The maximum Gasteiger partial charge on any atom is 0.314 e. The van der Waals surface area contributed by atoms with Crippen LogP contribution in [0.4, 0.5) is 11.6 Å². The van der Waals surface area contributed by atoms with E-state index in [9.17, 15) is 10.1 Å². The van der Waals surface area contributed by atoms with Crippen molar-refractivity contribution in [2.45, 2.75) is 0 Å². The van der Waals surface area contributed by atoms with Gasteiger partial charge in [-0.15, -0.1) is 5.10 Å². The first-order valence-corrected chi connectivity index (χ1v) is 4.81. The van der Waals surface area contributed by atoms with Crippen LogP contribution in [0.1, 0.15) is 0 Å². The third-order valence-corrected chi connectivity index (χ3v) is 2.31.